The van der Waals surface area contributed by atoms with Crippen molar-refractivity contribution in [2.75, 3.05) is 77.5 Å². The number of halogens is 1. The summed E-state index contributed by atoms with van der Waals surface area (Å²) >= 11 is 0. The predicted molar refractivity (Wildman–Crippen MR) is 497 cm³/mol. The monoisotopic (exact) mass is 1790 g/mol. The van der Waals surface area contributed by atoms with Crippen molar-refractivity contribution in [1.82, 2.24) is 76.3 Å². The van der Waals surface area contributed by atoms with E-state index in [2.05, 4.69) is 63.1 Å². The molecule has 702 valence electrons. The lowest BCUT2D eigenvalue weighted by molar-refractivity contribution is -0.175. The van der Waals surface area contributed by atoms with Crippen molar-refractivity contribution in [1.29, 1.82) is 0 Å². The summed E-state index contributed by atoms with van der Waals surface area (Å²) < 4.78 is 35.6. The van der Waals surface area contributed by atoms with Crippen molar-refractivity contribution < 1.29 is 38.5 Å². The topological polar surface area (TPSA) is 291 Å². The van der Waals surface area contributed by atoms with E-state index in [-0.39, 0.29) is 94.6 Å². The number of aromatic nitrogens is 12. The number of benzene rings is 1. The Bertz CT molecular complexity index is 5510. The third-order valence-electron chi connectivity index (χ3n) is 33.4. The molecule has 0 radical (unpaired) electrons. The van der Waals surface area contributed by atoms with E-state index in [0.717, 1.165) is 128 Å². The van der Waals surface area contributed by atoms with Crippen molar-refractivity contribution in [3.8, 4) is 0 Å². The largest absolute Gasteiger partial charge is 0.388 e. The maximum Gasteiger partial charge on any atom is 0.277 e. The molecule has 20 rings (SSSR count). The minimum Gasteiger partial charge on any atom is -0.388 e. The number of piperidine rings is 4. The molecule has 28 nitrogen and oxygen atoms in total. The Hall–Kier alpha value is -9.61. The van der Waals surface area contributed by atoms with E-state index in [1.54, 1.807) is 99.1 Å². The molecule has 11 aliphatic rings. The van der Waals surface area contributed by atoms with Crippen LogP contribution in [0.25, 0.3) is 22.1 Å². The van der Waals surface area contributed by atoms with Crippen LogP contribution in [0.3, 0.4) is 0 Å². The number of methoxy groups -OCH3 is 1. The first-order valence-electron chi connectivity index (χ1n) is 49.6. The molecule has 29 heteroatoms. The van der Waals surface area contributed by atoms with Gasteiger partial charge in [-0.3, -0.25) is 56.6 Å². The highest BCUT2D eigenvalue weighted by Gasteiger charge is 2.60. The van der Waals surface area contributed by atoms with Gasteiger partial charge in [-0.2, -0.15) is 20.4 Å². The molecule has 3 spiro atoms. The summed E-state index contributed by atoms with van der Waals surface area (Å²) in [6, 6.07) is 22.4. The van der Waals surface area contributed by atoms with E-state index in [4.69, 9.17) is 4.74 Å². The molecule has 6 saturated carbocycles. The Balaban J connectivity index is 0.000000122. The smallest absolute Gasteiger partial charge is 0.277 e. The first kappa shape index (κ1) is 92.2. The number of amides is 4. The molecule has 0 unspecified atom stereocenters. The molecular weight excluding hydrogens is 1650 g/mol. The van der Waals surface area contributed by atoms with Crippen molar-refractivity contribution >= 4 is 51.4 Å². The fourth-order valence-electron chi connectivity index (χ4n) is 25.8. The number of alkyl halides is 1. The number of nitrogens with zero attached hydrogens (tertiary/aromatic N) is 17. The zero-order valence-corrected chi connectivity index (χ0v) is 77.4. The SMILES string of the molecule is CO[C@@]1(Cn2cnn3cccc3c2=O)CCN(C(=O)[C@H](C)CC2CCCCC2)CC12CCCC2.C[C@H](CC1CCCCC1)C(=O)N1CC[C@@](F)(Cn2cnn3cccc3c2=O)C2(CCCC2)C1.C[C@H](CC1CCCCC1)C(=O)N1CC[C@](O)(Cn2cnn3cccc3c2=O)C2(CCCC2)C1.O=C(CN1CCc2ccccc21)N1CCC(O)(Cn2cnn3cccc3c2=O)CC1. The van der Waals surface area contributed by atoms with E-state index in [1.165, 1.54) is 133 Å². The number of ether oxygens (including phenoxy) is 1. The minimum absolute atomic E-state index is 0.00209. The Morgan fingerprint density at radius 3 is 1.22 bits per heavy atom. The number of likely N-dealkylation sites (tertiary alicyclic amines) is 4. The molecule has 0 bridgehead atoms. The zero-order chi connectivity index (χ0) is 90.6. The van der Waals surface area contributed by atoms with E-state index in [1.807, 2.05) is 39.0 Å². The van der Waals surface area contributed by atoms with Crippen molar-refractivity contribution in [2.45, 2.75) is 301 Å². The van der Waals surface area contributed by atoms with Gasteiger partial charge in [0.1, 0.15) is 53.0 Å². The summed E-state index contributed by atoms with van der Waals surface area (Å²) in [5.41, 5.74) is -1.11. The second-order valence-corrected chi connectivity index (χ2v) is 41.6. The second kappa shape index (κ2) is 39.3. The van der Waals surface area contributed by atoms with Crippen LogP contribution in [0.4, 0.5) is 10.1 Å². The van der Waals surface area contributed by atoms with Crippen molar-refractivity contribution in [2.24, 2.45) is 51.8 Å². The van der Waals surface area contributed by atoms with Gasteiger partial charge in [0, 0.05) is 137 Å². The third kappa shape index (κ3) is 19.1. The summed E-state index contributed by atoms with van der Waals surface area (Å²) in [4.78, 5) is 115. The molecule has 10 fully saturated rings. The number of para-hydroxylation sites is 1. The van der Waals surface area contributed by atoms with Gasteiger partial charge in [0.05, 0.1) is 49.5 Å². The lowest BCUT2D eigenvalue weighted by atomic mass is 9.65. The highest BCUT2D eigenvalue weighted by Crippen LogP contribution is 2.57. The van der Waals surface area contributed by atoms with Crippen LogP contribution in [0.15, 0.2) is 142 Å². The standard InChI is InChI=1S/C27H40N4O3.C26H37FN4O2.C26H38N4O3.C22H25N5O3/c1-21(17-22-9-4-3-5-10-22)24(32)29-16-14-27(34-2,26(18-29)12-6-7-13-26)19-30-20-28-31-15-8-11-23(31)25(30)33;1-20(16-21-8-3-2-4-9-21)23(32)29-15-13-26(27,25(17-29)11-5-6-12-25)18-30-19-28-31-14-7-10-22(31)24(30)33;1-20(16-21-8-3-2-4-9-21)23(31)28-15-13-26(33,25(17-28)11-5-6-12-25)18-29-19-27-30-14-7-10-22(30)24(29)32;28-20(14-25-11-7-17-4-1-2-5-18(17)25)24-12-8-22(30,9-13-24)15-26-16-23-27-10-3-6-19(27)21(26)29/h8,11,15,20-22H,3-7,9-10,12-14,16-19H2,1-2H3;7,10,14,19-21H,2-6,8-9,11-13,15-18H2,1H3;7,10,14,19-21,33H,2-6,8-9,11-13,15-18H2,1H3;1-6,10,16,30H,7-9,11-15H2/t21-,27-;20-,26-;20-,26+;/m111./s1. The van der Waals surface area contributed by atoms with E-state index < -0.39 is 27.9 Å². The maximum atomic E-state index is 16.8. The fourth-order valence-corrected chi connectivity index (χ4v) is 25.8. The number of carbonyl (C=O) groups excluding carboxylic acids is 4. The summed E-state index contributed by atoms with van der Waals surface area (Å²) in [7, 11) is 1.79. The Kier molecular flexibility index (Phi) is 27.9. The lowest BCUT2D eigenvalue weighted by Crippen LogP contribution is -2.63. The Morgan fingerprint density at radius 2 is 0.777 bits per heavy atom. The van der Waals surface area contributed by atoms with Crippen LogP contribution in [0.5, 0.6) is 0 Å². The molecule has 4 amide bonds. The molecule has 1 aromatic carbocycles. The number of anilines is 1. The molecule has 2 N–H and O–H groups in total. The van der Waals surface area contributed by atoms with Gasteiger partial charge in [0.15, 0.2) is 0 Å². The van der Waals surface area contributed by atoms with Crippen molar-refractivity contribution in [3.05, 3.63) is 170 Å². The predicted octanol–water partition coefficient (Wildman–Crippen LogP) is 13.4. The molecule has 6 atom stereocenters. The minimum atomic E-state index is -1.51. The van der Waals surface area contributed by atoms with Crippen molar-refractivity contribution in [3.63, 3.8) is 0 Å². The average Bonchev–Trinajstić information content (AvgIpc) is 1.51. The summed E-state index contributed by atoms with van der Waals surface area (Å²) in [5.74, 6) is 3.03. The summed E-state index contributed by atoms with van der Waals surface area (Å²) in [5, 5.41) is 40.3. The Morgan fingerprint density at radius 1 is 0.408 bits per heavy atom. The van der Waals surface area contributed by atoms with Gasteiger partial charge in [-0.15, -0.1) is 0 Å². The van der Waals surface area contributed by atoms with E-state index >= 15 is 4.39 Å². The van der Waals surface area contributed by atoms with Gasteiger partial charge in [0.2, 0.25) is 23.6 Å². The van der Waals surface area contributed by atoms with Gasteiger partial charge in [-0.25, -0.2) is 22.5 Å². The summed E-state index contributed by atoms with van der Waals surface area (Å²) in [6.45, 7) is 12.9. The van der Waals surface area contributed by atoms with Crippen LogP contribution in [0.2, 0.25) is 0 Å². The first-order valence-corrected chi connectivity index (χ1v) is 49.6. The number of fused-ring (bicyclic) bond motifs is 5. The zero-order valence-electron chi connectivity index (χ0n) is 77.4. The van der Waals surface area contributed by atoms with Crippen LogP contribution in [-0.2, 0) is 56.5 Å². The molecule has 9 aromatic rings. The molecule has 8 aromatic heterocycles. The highest BCUT2D eigenvalue weighted by molar-refractivity contribution is 5.83. The molecule has 6 aliphatic carbocycles. The fraction of sp³-hybridized carbons (Fsp3) is 0.663. The molecule has 4 saturated heterocycles. The highest BCUT2D eigenvalue weighted by atomic mass is 19.1. The van der Waals surface area contributed by atoms with E-state index in [0.29, 0.717) is 124 Å². The number of rotatable bonds is 20. The van der Waals surface area contributed by atoms with Crippen LogP contribution in [-0.4, -0.2) is 205 Å². The number of hydrogen-bond acceptors (Lipinski definition) is 16. The van der Waals surface area contributed by atoms with Crippen LogP contribution in [0.1, 0.15) is 251 Å². The average molecular weight is 1790 g/mol. The van der Waals surface area contributed by atoms with Crippen LogP contribution >= 0.6 is 0 Å². The van der Waals surface area contributed by atoms with Gasteiger partial charge in [-0.05, 0) is 168 Å². The quantitative estimate of drug-likeness (QED) is 0.0717. The Labute approximate surface area is 761 Å². The third-order valence-corrected chi connectivity index (χ3v) is 33.4. The van der Waals surface area contributed by atoms with Crippen LogP contribution < -0.4 is 27.1 Å². The second-order valence-electron chi connectivity index (χ2n) is 41.6. The normalized spacial score (nSPS) is 24.7. The summed E-state index contributed by atoms with van der Waals surface area (Å²) in [6.07, 6.45) is 50.7. The van der Waals surface area contributed by atoms with Gasteiger partial charge in [0.25, 0.3) is 22.2 Å². The van der Waals surface area contributed by atoms with Gasteiger partial charge in [-0.1, -0.05) is 174 Å². The molecule has 5 aliphatic heterocycles. The van der Waals surface area contributed by atoms with Gasteiger partial charge < -0.3 is 39.4 Å². The van der Waals surface area contributed by atoms with E-state index in [9.17, 15) is 48.6 Å². The molecule has 130 heavy (non-hydrogen) atoms. The number of hydrogen-bond donors (Lipinski definition) is 2. The first-order chi connectivity index (χ1) is 62.8. The molecule has 13 heterocycles. The number of carbonyl (C=O) groups is 4. The molecular formula is C101H140FN17O11. The van der Waals surface area contributed by atoms with Crippen LogP contribution in [0, 0.1) is 51.8 Å². The maximum absolute atomic E-state index is 16.8. The lowest BCUT2D eigenvalue weighted by Gasteiger charge is -2.54. The van der Waals surface area contributed by atoms with Gasteiger partial charge >= 0.3 is 0 Å². The number of aliphatic hydroxyl groups is 2.